The number of amides is 1. The topological polar surface area (TPSA) is 71.0 Å². The fourth-order valence-electron chi connectivity index (χ4n) is 3.95. The fraction of sp³-hybridized carbons (Fsp3) is 0.632. The van der Waals surface area contributed by atoms with Gasteiger partial charge in [-0.25, -0.2) is 0 Å². The number of nitrogens with zero attached hydrogens (tertiary/aromatic N) is 1. The Balaban J connectivity index is 1.55. The average Bonchev–Trinajstić information content (AvgIpc) is 3.06. The van der Waals surface area contributed by atoms with E-state index in [1.165, 1.54) is 0 Å². The molecule has 6 nitrogen and oxygen atoms in total. The maximum Gasteiger partial charge on any atom is 0.234 e. The smallest absolute Gasteiger partial charge is 0.234 e. The number of ether oxygens (including phenoxy) is 2. The summed E-state index contributed by atoms with van der Waals surface area (Å²) in [4.78, 5) is 14.6. The summed E-state index contributed by atoms with van der Waals surface area (Å²) in [5.74, 6) is 0.980. The van der Waals surface area contributed by atoms with Gasteiger partial charge in [-0.05, 0) is 18.9 Å². The number of rotatable bonds is 6. The molecule has 2 aliphatic rings. The Bertz CT molecular complexity index is 580. The predicted molar refractivity (Wildman–Crippen MR) is 94.4 cm³/mol. The van der Waals surface area contributed by atoms with Crippen LogP contribution in [0.3, 0.4) is 0 Å². The van der Waals surface area contributed by atoms with E-state index in [9.17, 15) is 9.90 Å². The third kappa shape index (κ3) is 4.51. The highest BCUT2D eigenvalue weighted by Crippen LogP contribution is 2.32. The number of nitrogens with one attached hydrogen (secondary N) is 1. The fourth-order valence-corrected chi connectivity index (χ4v) is 3.95. The molecule has 1 heterocycles. The molecule has 138 valence electrons. The van der Waals surface area contributed by atoms with E-state index in [-0.39, 0.29) is 24.0 Å². The van der Waals surface area contributed by atoms with Crippen molar-refractivity contribution < 1.29 is 19.4 Å². The second-order valence-corrected chi connectivity index (χ2v) is 6.86. The first-order valence-electron chi connectivity index (χ1n) is 9.07. The number of hydrogen-bond acceptors (Lipinski definition) is 5. The lowest BCUT2D eigenvalue weighted by molar-refractivity contribution is -0.126. The van der Waals surface area contributed by atoms with Crippen LogP contribution in [-0.4, -0.2) is 61.5 Å². The molecule has 0 aromatic heterocycles. The number of hydrogen-bond donors (Lipinski definition) is 2. The van der Waals surface area contributed by atoms with Crippen LogP contribution < -0.4 is 10.1 Å². The van der Waals surface area contributed by atoms with Crippen molar-refractivity contribution in [1.82, 2.24) is 10.2 Å². The number of carbonyl (C=O) groups is 1. The number of morpholine rings is 1. The van der Waals surface area contributed by atoms with Crippen molar-refractivity contribution in [3.63, 3.8) is 0 Å². The zero-order valence-electron chi connectivity index (χ0n) is 14.8. The largest absolute Gasteiger partial charge is 0.496 e. The van der Waals surface area contributed by atoms with Gasteiger partial charge in [-0.1, -0.05) is 24.6 Å². The van der Waals surface area contributed by atoms with Crippen molar-refractivity contribution in [2.75, 3.05) is 33.4 Å². The SMILES string of the molecule is COc1ccccc1CNC(=O)CN1CCOC[C@@H]1[C@@H]1CCC[C@H]1O. The van der Waals surface area contributed by atoms with Crippen molar-refractivity contribution in [2.24, 2.45) is 5.92 Å². The standard InChI is InChI=1S/C19H28N2O4/c1-24-18-8-3-2-5-14(18)11-20-19(23)12-21-9-10-25-13-16(21)15-6-4-7-17(15)22/h2-3,5,8,15-17,22H,4,6-7,9-13H2,1H3,(H,20,23)/t15-,16+,17+/m0/s1. The summed E-state index contributed by atoms with van der Waals surface area (Å²) in [6.45, 7) is 2.76. The molecule has 0 spiro atoms. The first-order valence-corrected chi connectivity index (χ1v) is 9.07. The molecule has 1 aromatic rings. The summed E-state index contributed by atoms with van der Waals surface area (Å²) >= 11 is 0. The molecule has 0 bridgehead atoms. The van der Waals surface area contributed by atoms with Crippen LogP contribution in [0.15, 0.2) is 24.3 Å². The van der Waals surface area contributed by atoms with Crippen LogP contribution >= 0.6 is 0 Å². The van der Waals surface area contributed by atoms with Crippen molar-refractivity contribution >= 4 is 5.91 Å². The lowest BCUT2D eigenvalue weighted by atomic mass is 9.94. The first-order chi connectivity index (χ1) is 12.2. The summed E-state index contributed by atoms with van der Waals surface area (Å²) < 4.78 is 10.9. The Hall–Kier alpha value is -1.63. The Kier molecular flexibility index (Phi) is 6.29. The van der Waals surface area contributed by atoms with Gasteiger partial charge in [-0.2, -0.15) is 0 Å². The molecule has 25 heavy (non-hydrogen) atoms. The molecular weight excluding hydrogens is 320 g/mol. The van der Waals surface area contributed by atoms with E-state index in [0.717, 1.165) is 37.1 Å². The average molecular weight is 348 g/mol. The third-order valence-corrected chi connectivity index (χ3v) is 5.32. The van der Waals surface area contributed by atoms with Gasteiger partial charge < -0.3 is 19.9 Å². The first kappa shape index (κ1) is 18.2. The van der Waals surface area contributed by atoms with Crippen LogP contribution in [-0.2, 0) is 16.1 Å². The van der Waals surface area contributed by atoms with Gasteiger partial charge in [0.2, 0.25) is 5.91 Å². The van der Waals surface area contributed by atoms with Crippen LogP contribution in [0.25, 0.3) is 0 Å². The van der Waals surface area contributed by atoms with E-state index in [0.29, 0.717) is 26.3 Å². The molecule has 0 unspecified atom stereocenters. The van der Waals surface area contributed by atoms with E-state index >= 15 is 0 Å². The van der Waals surface area contributed by atoms with Gasteiger partial charge >= 0.3 is 0 Å². The maximum absolute atomic E-state index is 12.4. The quantitative estimate of drug-likeness (QED) is 0.808. The normalized spacial score (nSPS) is 27.2. The summed E-state index contributed by atoms with van der Waals surface area (Å²) in [5.41, 5.74) is 0.961. The molecule has 1 amide bonds. The maximum atomic E-state index is 12.4. The molecule has 1 aliphatic heterocycles. The van der Waals surface area contributed by atoms with Crippen molar-refractivity contribution in [1.29, 1.82) is 0 Å². The monoisotopic (exact) mass is 348 g/mol. The van der Waals surface area contributed by atoms with Crippen LogP contribution in [0, 0.1) is 5.92 Å². The second kappa shape index (κ2) is 8.65. The van der Waals surface area contributed by atoms with E-state index in [4.69, 9.17) is 9.47 Å². The Morgan fingerprint density at radius 2 is 2.24 bits per heavy atom. The number of aliphatic hydroxyl groups is 1. The van der Waals surface area contributed by atoms with Crippen molar-refractivity contribution in [2.45, 2.75) is 38.0 Å². The second-order valence-electron chi connectivity index (χ2n) is 6.86. The minimum absolute atomic E-state index is 0.00899. The molecular formula is C19H28N2O4. The third-order valence-electron chi connectivity index (χ3n) is 5.32. The lowest BCUT2D eigenvalue weighted by Crippen LogP contribution is -2.53. The van der Waals surface area contributed by atoms with Crippen LogP contribution in [0.1, 0.15) is 24.8 Å². The van der Waals surface area contributed by atoms with Crippen LogP contribution in [0.5, 0.6) is 5.75 Å². The molecule has 1 aliphatic carbocycles. The molecule has 0 radical (unpaired) electrons. The summed E-state index contributed by atoms with van der Waals surface area (Å²) in [7, 11) is 1.63. The van der Waals surface area contributed by atoms with Gasteiger partial charge in [-0.3, -0.25) is 9.69 Å². The van der Waals surface area contributed by atoms with Crippen molar-refractivity contribution in [3.05, 3.63) is 29.8 Å². The van der Waals surface area contributed by atoms with Crippen LogP contribution in [0.2, 0.25) is 0 Å². The van der Waals surface area contributed by atoms with E-state index in [2.05, 4.69) is 10.2 Å². The molecule has 1 aromatic carbocycles. The minimum Gasteiger partial charge on any atom is -0.496 e. The highest BCUT2D eigenvalue weighted by atomic mass is 16.5. The van der Waals surface area contributed by atoms with Gasteiger partial charge in [0.1, 0.15) is 5.75 Å². The molecule has 1 saturated carbocycles. The van der Waals surface area contributed by atoms with Crippen LogP contribution in [0.4, 0.5) is 0 Å². The molecule has 2 fully saturated rings. The molecule has 6 heteroatoms. The number of aliphatic hydroxyl groups excluding tert-OH is 1. The van der Waals surface area contributed by atoms with E-state index < -0.39 is 0 Å². The number of carbonyl (C=O) groups excluding carboxylic acids is 1. The van der Waals surface area contributed by atoms with Gasteiger partial charge in [-0.15, -0.1) is 0 Å². The molecule has 1 saturated heterocycles. The molecule has 3 atom stereocenters. The number of methoxy groups -OCH3 is 1. The highest BCUT2D eigenvalue weighted by molar-refractivity contribution is 5.78. The van der Waals surface area contributed by atoms with Gasteiger partial charge in [0.05, 0.1) is 33.0 Å². The summed E-state index contributed by atoms with van der Waals surface area (Å²) in [6.07, 6.45) is 2.64. The summed E-state index contributed by atoms with van der Waals surface area (Å²) in [6, 6.07) is 7.81. The molecule has 2 N–H and O–H groups in total. The summed E-state index contributed by atoms with van der Waals surface area (Å²) in [5, 5.41) is 13.2. The van der Waals surface area contributed by atoms with Gasteiger partial charge in [0, 0.05) is 30.6 Å². The lowest BCUT2D eigenvalue weighted by Gasteiger charge is -2.39. The minimum atomic E-state index is -0.272. The Labute approximate surface area is 149 Å². The number of para-hydroxylation sites is 1. The Morgan fingerprint density at radius 1 is 1.40 bits per heavy atom. The zero-order chi connectivity index (χ0) is 17.6. The van der Waals surface area contributed by atoms with Gasteiger partial charge in [0.25, 0.3) is 0 Å². The number of benzene rings is 1. The zero-order valence-corrected chi connectivity index (χ0v) is 14.8. The van der Waals surface area contributed by atoms with E-state index in [1.54, 1.807) is 7.11 Å². The van der Waals surface area contributed by atoms with E-state index in [1.807, 2.05) is 24.3 Å². The highest BCUT2D eigenvalue weighted by Gasteiger charge is 2.38. The van der Waals surface area contributed by atoms with Gasteiger partial charge in [0.15, 0.2) is 0 Å². The molecule has 3 rings (SSSR count). The predicted octanol–water partition coefficient (Wildman–Crippen LogP) is 1.17. The Morgan fingerprint density at radius 3 is 3.00 bits per heavy atom. The van der Waals surface area contributed by atoms with Crippen molar-refractivity contribution in [3.8, 4) is 5.75 Å².